The molecule has 1 N–H and O–H groups in total. The molecule has 184 valence electrons. The van der Waals surface area contributed by atoms with E-state index in [0.717, 1.165) is 17.5 Å². The standard InChI is InChI=1S/C32H27NO4/c1-3-22-15-17-23(18-16-22)30(34)28-29(33(32(36)31(28)35)25-11-7-9-21(2)19-25)24-10-8-14-27(20-24)37-26-12-5-4-6-13-26/h4-20,29,34H,3H2,1-2H3/b30-28-. The average molecular weight is 490 g/mol. The van der Waals surface area contributed by atoms with Crippen LogP contribution < -0.4 is 9.64 Å². The molecule has 0 aromatic heterocycles. The zero-order valence-electron chi connectivity index (χ0n) is 20.7. The molecule has 0 bridgehead atoms. The maximum atomic E-state index is 13.4. The maximum absolute atomic E-state index is 13.4. The van der Waals surface area contributed by atoms with Crippen LogP contribution in [0.3, 0.4) is 0 Å². The van der Waals surface area contributed by atoms with Crippen LogP contribution in [0.2, 0.25) is 0 Å². The first kappa shape index (κ1) is 24.1. The minimum absolute atomic E-state index is 0.0487. The van der Waals surface area contributed by atoms with Crippen molar-refractivity contribution in [1.82, 2.24) is 0 Å². The molecule has 1 fully saturated rings. The summed E-state index contributed by atoms with van der Waals surface area (Å²) in [4.78, 5) is 28.3. The van der Waals surface area contributed by atoms with Gasteiger partial charge >= 0.3 is 0 Å². The van der Waals surface area contributed by atoms with Gasteiger partial charge in [0.15, 0.2) is 0 Å². The van der Waals surface area contributed by atoms with E-state index in [1.807, 2.05) is 92.7 Å². The monoisotopic (exact) mass is 489 g/mol. The molecule has 1 aliphatic heterocycles. The number of hydrogen-bond donors (Lipinski definition) is 1. The number of para-hydroxylation sites is 1. The third-order valence-electron chi connectivity index (χ3n) is 6.51. The zero-order chi connectivity index (χ0) is 25.9. The fourth-order valence-corrected chi connectivity index (χ4v) is 4.62. The minimum Gasteiger partial charge on any atom is -0.507 e. The van der Waals surface area contributed by atoms with Crippen LogP contribution in [0.25, 0.3) is 5.76 Å². The van der Waals surface area contributed by atoms with Gasteiger partial charge in [-0.3, -0.25) is 14.5 Å². The first-order valence-corrected chi connectivity index (χ1v) is 12.3. The molecule has 1 aliphatic rings. The highest BCUT2D eigenvalue weighted by molar-refractivity contribution is 6.51. The fraction of sp³-hybridized carbons (Fsp3) is 0.125. The molecular formula is C32H27NO4. The van der Waals surface area contributed by atoms with Gasteiger partial charge in [0.2, 0.25) is 0 Å². The van der Waals surface area contributed by atoms with E-state index >= 15 is 0 Å². The Kier molecular flexibility index (Phi) is 6.60. The van der Waals surface area contributed by atoms with Crippen molar-refractivity contribution >= 4 is 23.1 Å². The Hall–Kier alpha value is -4.64. The number of nitrogens with zero attached hydrogens (tertiary/aromatic N) is 1. The number of hydrogen-bond acceptors (Lipinski definition) is 4. The van der Waals surface area contributed by atoms with Crippen LogP contribution in [0.4, 0.5) is 5.69 Å². The fourth-order valence-electron chi connectivity index (χ4n) is 4.62. The predicted octanol–water partition coefficient (Wildman–Crippen LogP) is 6.98. The summed E-state index contributed by atoms with van der Waals surface area (Å²) in [5, 5.41) is 11.4. The van der Waals surface area contributed by atoms with Crippen molar-refractivity contribution < 1.29 is 19.4 Å². The second-order valence-electron chi connectivity index (χ2n) is 9.05. The molecule has 0 saturated carbocycles. The van der Waals surface area contributed by atoms with Crippen LogP contribution in [0.1, 0.15) is 35.2 Å². The van der Waals surface area contributed by atoms with Crippen molar-refractivity contribution in [3.05, 3.63) is 131 Å². The van der Waals surface area contributed by atoms with Gasteiger partial charge in [-0.25, -0.2) is 0 Å². The second kappa shape index (κ2) is 10.2. The van der Waals surface area contributed by atoms with Crippen molar-refractivity contribution in [1.29, 1.82) is 0 Å². The van der Waals surface area contributed by atoms with Crippen LogP contribution >= 0.6 is 0 Å². The molecule has 4 aromatic carbocycles. The maximum Gasteiger partial charge on any atom is 0.300 e. The number of ether oxygens (including phenoxy) is 1. The predicted molar refractivity (Wildman–Crippen MR) is 145 cm³/mol. The summed E-state index contributed by atoms with van der Waals surface area (Å²) in [6.45, 7) is 3.98. The van der Waals surface area contributed by atoms with Gasteiger partial charge in [-0.15, -0.1) is 0 Å². The normalized spacial score (nSPS) is 16.7. The molecule has 1 atom stereocenters. The van der Waals surface area contributed by atoms with Gasteiger partial charge in [0.1, 0.15) is 17.3 Å². The number of Topliss-reactive ketones (excluding diaryl/α,β-unsaturated/α-hetero) is 1. The average Bonchev–Trinajstić information content (AvgIpc) is 3.19. The molecule has 37 heavy (non-hydrogen) atoms. The summed E-state index contributed by atoms with van der Waals surface area (Å²) >= 11 is 0. The quantitative estimate of drug-likeness (QED) is 0.180. The summed E-state index contributed by atoms with van der Waals surface area (Å²) in [5.74, 6) is -0.376. The lowest BCUT2D eigenvalue weighted by Gasteiger charge is -2.26. The SMILES string of the molecule is CCc1ccc(/C(O)=C2/C(=O)C(=O)N(c3cccc(C)c3)C2c2cccc(Oc3ccccc3)c2)cc1. The first-order chi connectivity index (χ1) is 18.0. The number of anilines is 1. The van der Waals surface area contributed by atoms with Gasteiger partial charge in [-0.1, -0.05) is 73.7 Å². The number of benzene rings is 4. The third-order valence-corrected chi connectivity index (χ3v) is 6.51. The molecule has 4 aromatic rings. The molecule has 0 aliphatic carbocycles. The van der Waals surface area contributed by atoms with Crippen LogP contribution in [-0.4, -0.2) is 16.8 Å². The highest BCUT2D eigenvalue weighted by Crippen LogP contribution is 2.43. The third kappa shape index (κ3) is 4.76. The number of aliphatic hydroxyl groups excluding tert-OH is 1. The smallest absolute Gasteiger partial charge is 0.300 e. The summed E-state index contributed by atoms with van der Waals surface area (Å²) in [7, 11) is 0. The minimum atomic E-state index is -0.827. The van der Waals surface area contributed by atoms with Gasteiger partial charge in [0, 0.05) is 11.3 Å². The Morgan fingerprint density at radius 2 is 1.54 bits per heavy atom. The number of amides is 1. The summed E-state index contributed by atoms with van der Waals surface area (Å²) in [6.07, 6.45) is 0.854. The Morgan fingerprint density at radius 3 is 2.24 bits per heavy atom. The van der Waals surface area contributed by atoms with Crippen molar-refractivity contribution in [2.45, 2.75) is 26.3 Å². The van der Waals surface area contributed by atoms with Gasteiger partial charge in [0.25, 0.3) is 11.7 Å². The Morgan fingerprint density at radius 1 is 0.838 bits per heavy atom. The summed E-state index contributed by atoms with van der Waals surface area (Å²) in [6, 6.07) is 30.6. The van der Waals surface area contributed by atoms with Gasteiger partial charge < -0.3 is 9.84 Å². The molecule has 0 spiro atoms. The van der Waals surface area contributed by atoms with Crippen molar-refractivity contribution in [2.24, 2.45) is 0 Å². The van der Waals surface area contributed by atoms with Crippen LogP contribution in [0.15, 0.2) is 109 Å². The molecule has 1 heterocycles. The van der Waals surface area contributed by atoms with E-state index in [1.165, 1.54) is 4.90 Å². The van der Waals surface area contributed by atoms with E-state index in [9.17, 15) is 14.7 Å². The Bertz CT molecular complexity index is 1490. The summed E-state index contributed by atoms with van der Waals surface area (Å²) < 4.78 is 6.03. The molecule has 5 nitrogen and oxygen atoms in total. The van der Waals surface area contributed by atoms with E-state index in [-0.39, 0.29) is 11.3 Å². The van der Waals surface area contributed by atoms with Crippen molar-refractivity contribution in [3.8, 4) is 11.5 Å². The molecule has 5 rings (SSSR count). The topological polar surface area (TPSA) is 66.8 Å². The number of carbonyl (C=O) groups excluding carboxylic acids is 2. The lowest BCUT2D eigenvalue weighted by Crippen LogP contribution is -2.29. The number of ketones is 1. The number of aliphatic hydroxyl groups is 1. The van der Waals surface area contributed by atoms with Crippen molar-refractivity contribution in [2.75, 3.05) is 4.90 Å². The van der Waals surface area contributed by atoms with E-state index in [2.05, 4.69) is 0 Å². The molecule has 1 saturated heterocycles. The Balaban J connectivity index is 1.66. The number of rotatable bonds is 6. The molecule has 1 unspecified atom stereocenters. The second-order valence-corrected chi connectivity index (χ2v) is 9.05. The largest absolute Gasteiger partial charge is 0.507 e. The van der Waals surface area contributed by atoms with Gasteiger partial charge in [-0.2, -0.15) is 0 Å². The van der Waals surface area contributed by atoms with E-state index < -0.39 is 17.7 Å². The van der Waals surface area contributed by atoms with E-state index in [4.69, 9.17) is 4.74 Å². The lowest BCUT2D eigenvalue weighted by molar-refractivity contribution is -0.132. The molecule has 1 amide bonds. The Labute approximate surface area is 216 Å². The van der Waals surface area contributed by atoms with Crippen LogP contribution in [0.5, 0.6) is 11.5 Å². The molecule has 5 heteroatoms. The highest BCUT2D eigenvalue weighted by Gasteiger charge is 2.47. The van der Waals surface area contributed by atoms with Gasteiger partial charge in [0.05, 0.1) is 11.6 Å². The van der Waals surface area contributed by atoms with E-state index in [0.29, 0.717) is 28.3 Å². The molecular weight excluding hydrogens is 462 g/mol. The van der Waals surface area contributed by atoms with Gasteiger partial charge in [-0.05, 0) is 66.4 Å². The summed E-state index contributed by atoms with van der Waals surface area (Å²) in [5.41, 5.74) is 3.84. The first-order valence-electron chi connectivity index (χ1n) is 12.3. The number of carbonyl (C=O) groups is 2. The van der Waals surface area contributed by atoms with E-state index in [1.54, 1.807) is 24.3 Å². The molecule has 0 radical (unpaired) electrons. The van der Waals surface area contributed by atoms with Crippen LogP contribution in [-0.2, 0) is 16.0 Å². The highest BCUT2D eigenvalue weighted by atomic mass is 16.5. The zero-order valence-corrected chi connectivity index (χ0v) is 20.7. The number of aryl methyl sites for hydroxylation is 2. The van der Waals surface area contributed by atoms with Crippen molar-refractivity contribution in [3.63, 3.8) is 0 Å². The van der Waals surface area contributed by atoms with Crippen LogP contribution in [0, 0.1) is 6.92 Å². The lowest BCUT2D eigenvalue weighted by atomic mass is 9.94.